The van der Waals surface area contributed by atoms with Crippen LogP contribution in [0.1, 0.15) is 63.5 Å². The summed E-state index contributed by atoms with van der Waals surface area (Å²) in [6.45, 7) is 2.03. The first kappa shape index (κ1) is 15.4. The lowest BCUT2D eigenvalue weighted by molar-refractivity contribution is -0.0555. The van der Waals surface area contributed by atoms with Crippen molar-refractivity contribution in [1.29, 1.82) is 0 Å². The van der Waals surface area contributed by atoms with Gasteiger partial charge in [-0.25, -0.2) is 0 Å². The molecule has 0 aromatic heterocycles. The van der Waals surface area contributed by atoms with Gasteiger partial charge in [-0.1, -0.05) is 31.4 Å². The quantitative estimate of drug-likeness (QED) is 0.820. The molecule has 2 atom stereocenters. The standard InChI is InChI=1S/C18H27NOS/c1-14(19)15-5-7-17(8-6-15)21-13-16-9-12-18(20-16)10-3-2-4-11-18/h5-8,14,16H,2-4,9-13,19H2,1H3. The second-order valence-corrected chi connectivity index (χ2v) is 7.78. The fourth-order valence-electron chi connectivity index (χ4n) is 3.63. The lowest BCUT2D eigenvalue weighted by Crippen LogP contribution is -2.32. The summed E-state index contributed by atoms with van der Waals surface area (Å²) in [5.41, 5.74) is 7.35. The van der Waals surface area contributed by atoms with Crippen molar-refractivity contribution in [1.82, 2.24) is 0 Å². The summed E-state index contributed by atoms with van der Waals surface area (Å²) >= 11 is 1.92. The van der Waals surface area contributed by atoms with Gasteiger partial charge in [0.15, 0.2) is 0 Å². The van der Waals surface area contributed by atoms with Crippen LogP contribution in [0.15, 0.2) is 29.2 Å². The van der Waals surface area contributed by atoms with Gasteiger partial charge in [-0.15, -0.1) is 11.8 Å². The first-order valence-electron chi connectivity index (χ1n) is 8.33. The van der Waals surface area contributed by atoms with Crippen LogP contribution in [0.2, 0.25) is 0 Å². The van der Waals surface area contributed by atoms with Gasteiger partial charge in [0.05, 0.1) is 11.7 Å². The molecule has 2 N–H and O–H groups in total. The van der Waals surface area contributed by atoms with Crippen LogP contribution in [0.25, 0.3) is 0 Å². The van der Waals surface area contributed by atoms with E-state index in [1.54, 1.807) is 0 Å². The molecule has 3 rings (SSSR count). The van der Waals surface area contributed by atoms with Crippen LogP contribution in [0.3, 0.4) is 0 Å². The highest BCUT2D eigenvalue weighted by molar-refractivity contribution is 7.99. The lowest BCUT2D eigenvalue weighted by Gasteiger charge is -2.33. The van der Waals surface area contributed by atoms with Crippen LogP contribution in [0, 0.1) is 0 Å². The summed E-state index contributed by atoms with van der Waals surface area (Å²) in [5, 5.41) is 0. The fraction of sp³-hybridized carbons (Fsp3) is 0.667. The van der Waals surface area contributed by atoms with Gasteiger partial charge >= 0.3 is 0 Å². The monoisotopic (exact) mass is 305 g/mol. The van der Waals surface area contributed by atoms with E-state index in [0.717, 1.165) is 5.75 Å². The van der Waals surface area contributed by atoms with E-state index in [1.165, 1.54) is 55.4 Å². The Labute approximate surface area is 132 Å². The van der Waals surface area contributed by atoms with Gasteiger partial charge in [0, 0.05) is 16.7 Å². The minimum atomic E-state index is 0.119. The van der Waals surface area contributed by atoms with Gasteiger partial charge < -0.3 is 10.5 Å². The summed E-state index contributed by atoms with van der Waals surface area (Å²) in [7, 11) is 0. The zero-order valence-electron chi connectivity index (χ0n) is 13.0. The zero-order valence-corrected chi connectivity index (χ0v) is 13.8. The maximum absolute atomic E-state index is 6.43. The largest absolute Gasteiger partial charge is 0.371 e. The number of hydrogen-bond donors (Lipinski definition) is 1. The van der Waals surface area contributed by atoms with Crippen molar-refractivity contribution in [2.45, 2.75) is 74.5 Å². The molecule has 1 saturated carbocycles. The van der Waals surface area contributed by atoms with Crippen molar-refractivity contribution in [2.24, 2.45) is 5.73 Å². The van der Waals surface area contributed by atoms with Crippen LogP contribution in [-0.4, -0.2) is 17.5 Å². The third-order valence-electron chi connectivity index (χ3n) is 4.95. The molecule has 1 aliphatic carbocycles. The molecule has 2 aliphatic rings. The third-order valence-corrected chi connectivity index (χ3v) is 6.09. The second kappa shape index (κ2) is 6.72. The average molecular weight is 305 g/mol. The Morgan fingerprint density at radius 3 is 2.57 bits per heavy atom. The Balaban J connectivity index is 1.49. The first-order chi connectivity index (χ1) is 10.2. The molecule has 3 heteroatoms. The van der Waals surface area contributed by atoms with Crippen LogP contribution in [-0.2, 0) is 4.74 Å². The third kappa shape index (κ3) is 3.82. The topological polar surface area (TPSA) is 35.2 Å². The van der Waals surface area contributed by atoms with Gasteiger partial charge in [-0.05, 0) is 50.3 Å². The van der Waals surface area contributed by atoms with Gasteiger partial charge in [-0.3, -0.25) is 0 Å². The normalized spacial score (nSPS) is 26.1. The van der Waals surface area contributed by atoms with Crippen molar-refractivity contribution in [3.63, 3.8) is 0 Å². The highest BCUT2D eigenvalue weighted by Gasteiger charge is 2.40. The Hall–Kier alpha value is -0.510. The Bertz CT molecular complexity index is 451. The number of rotatable bonds is 4. The van der Waals surface area contributed by atoms with Crippen LogP contribution in [0.4, 0.5) is 0 Å². The molecule has 0 amide bonds. The van der Waals surface area contributed by atoms with Gasteiger partial charge in [-0.2, -0.15) is 0 Å². The van der Waals surface area contributed by atoms with Crippen LogP contribution < -0.4 is 5.73 Å². The Morgan fingerprint density at radius 1 is 1.19 bits per heavy atom. The lowest BCUT2D eigenvalue weighted by atomic mass is 9.83. The van der Waals surface area contributed by atoms with E-state index < -0.39 is 0 Å². The molecule has 1 aliphatic heterocycles. The number of ether oxygens (including phenoxy) is 1. The van der Waals surface area contributed by atoms with Gasteiger partial charge in [0.2, 0.25) is 0 Å². The molecule has 1 aromatic rings. The minimum absolute atomic E-state index is 0.119. The SMILES string of the molecule is CC(N)c1ccc(SCC2CCC3(CCCCC3)O2)cc1. The van der Waals surface area contributed by atoms with E-state index in [0.29, 0.717) is 6.10 Å². The average Bonchev–Trinajstić information content (AvgIpc) is 2.89. The van der Waals surface area contributed by atoms with Crippen molar-refractivity contribution < 1.29 is 4.74 Å². The van der Waals surface area contributed by atoms with E-state index in [4.69, 9.17) is 10.5 Å². The number of thioether (sulfide) groups is 1. The molecular formula is C18H27NOS. The molecule has 1 heterocycles. The number of nitrogens with two attached hydrogens (primary N) is 1. The van der Waals surface area contributed by atoms with E-state index in [2.05, 4.69) is 24.3 Å². The second-order valence-electron chi connectivity index (χ2n) is 6.69. The molecule has 2 nitrogen and oxygen atoms in total. The summed E-state index contributed by atoms with van der Waals surface area (Å²) in [6, 6.07) is 8.79. The van der Waals surface area contributed by atoms with Gasteiger partial charge in [0.25, 0.3) is 0 Å². The summed E-state index contributed by atoms with van der Waals surface area (Å²) in [4.78, 5) is 1.33. The molecule has 116 valence electrons. The van der Waals surface area contributed by atoms with Crippen molar-refractivity contribution >= 4 is 11.8 Å². The van der Waals surface area contributed by atoms with Crippen molar-refractivity contribution in [2.75, 3.05) is 5.75 Å². The molecule has 1 saturated heterocycles. The Morgan fingerprint density at radius 2 is 1.90 bits per heavy atom. The van der Waals surface area contributed by atoms with Crippen LogP contribution in [0.5, 0.6) is 0 Å². The van der Waals surface area contributed by atoms with Gasteiger partial charge in [0.1, 0.15) is 0 Å². The fourth-order valence-corrected chi connectivity index (χ4v) is 4.58. The van der Waals surface area contributed by atoms with Crippen molar-refractivity contribution in [3.05, 3.63) is 29.8 Å². The van der Waals surface area contributed by atoms with E-state index >= 15 is 0 Å². The van der Waals surface area contributed by atoms with E-state index in [-0.39, 0.29) is 11.6 Å². The predicted molar refractivity (Wildman–Crippen MR) is 89.7 cm³/mol. The minimum Gasteiger partial charge on any atom is -0.371 e. The summed E-state index contributed by atoms with van der Waals surface area (Å²) < 4.78 is 6.43. The molecule has 0 radical (unpaired) electrons. The van der Waals surface area contributed by atoms with Crippen molar-refractivity contribution in [3.8, 4) is 0 Å². The summed E-state index contributed by atoms with van der Waals surface area (Å²) in [5.74, 6) is 1.08. The predicted octanol–water partition coefficient (Wildman–Crippen LogP) is 4.68. The van der Waals surface area contributed by atoms with Crippen LogP contribution >= 0.6 is 11.8 Å². The maximum atomic E-state index is 6.43. The molecule has 2 fully saturated rings. The first-order valence-corrected chi connectivity index (χ1v) is 9.32. The molecule has 1 spiro atoms. The highest BCUT2D eigenvalue weighted by Crippen LogP contribution is 2.42. The van der Waals surface area contributed by atoms with E-state index in [1.807, 2.05) is 18.7 Å². The zero-order chi connectivity index (χ0) is 14.7. The molecule has 2 unspecified atom stereocenters. The molecule has 21 heavy (non-hydrogen) atoms. The number of hydrogen-bond acceptors (Lipinski definition) is 3. The molecule has 0 bridgehead atoms. The molecular weight excluding hydrogens is 278 g/mol. The molecule has 1 aromatic carbocycles. The van der Waals surface area contributed by atoms with E-state index in [9.17, 15) is 0 Å². The maximum Gasteiger partial charge on any atom is 0.0687 e. The number of benzene rings is 1. The smallest absolute Gasteiger partial charge is 0.0687 e. The Kier molecular flexibility index (Phi) is 4.92. The highest BCUT2D eigenvalue weighted by atomic mass is 32.2. The summed E-state index contributed by atoms with van der Waals surface area (Å²) in [6.07, 6.45) is 9.66.